The van der Waals surface area contributed by atoms with Gasteiger partial charge < -0.3 is 0 Å². The van der Waals surface area contributed by atoms with Crippen molar-refractivity contribution in [2.24, 2.45) is 0 Å². The van der Waals surface area contributed by atoms with Crippen LogP contribution in [0.25, 0.3) is 0 Å². The molecule has 21 heavy (non-hydrogen) atoms. The molecule has 0 unspecified atom stereocenters. The quantitative estimate of drug-likeness (QED) is 0.791. The number of hydrogen-bond donors (Lipinski definition) is 0. The topological polar surface area (TPSA) is 37.4 Å². The van der Waals surface area contributed by atoms with Crippen molar-refractivity contribution >= 4 is 21.8 Å². The summed E-state index contributed by atoms with van der Waals surface area (Å²) in [7, 11) is -0.274. The molecule has 2 aromatic carbocycles. The number of sulfonamides is 1. The molecule has 112 valence electrons. The minimum Gasteiger partial charge on any atom is -0.207 e. The zero-order chi connectivity index (χ0) is 15.5. The predicted octanol–water partition coefficient (Wildman–Crippen LogP) is 3.54. The van der Waals surface area contributed by atoms with Crippen LogP contribution in [-0.2, 0) is 15.8 Å². The number of hydrogen-bond acceptors (Lipinski definition) is 3. The van der Waals surface area contributed by atoms with Gasteiger partial charge >= 0.3 is 0 Å². The second-order valence-corrected chi connectivity index (χ2v) is 8.24. The Morgan fingerprint density at radius 1 is 1.05 bits per heavy atom. The number of aryl methyl sites for hydroxylation is 1. The number of benzene rings is 2. The second kappa shape index (κ2) is 6.64. The molecular weight excluding hydrogens is 302 g/mol. The number of thioether (sulfide) groups is 1. The molecule has 0 radical (unpaired) electrons. The first kappa shape index (κ1) is 16.1. The summed E-state index contributed by atoms with van der Waals surface area (Å²) >= 11 is 1.70. The molecule has 0 bridgehead atoms. The van der Waals surface area contributed by atoms with Crippen molar-refractivity contribution < 1.29 is 8.42 Å². The predicted molar refractivity (Wildman–Crippen MR) is 88.1 cm³/mol. The van der Waals surface area contributed by atoms with Gasteiger partial charge in [0.15, 0.2) is 0 Å². The Balaban J connectivity index is 2.13. The molecule has 5 heteroatoms. The minimum atomic E-state index is -3.36. The molecule has 0 aromatic heterocycles. The van der Waals surface area contributed by atoms with Crippen LogP contribution in [0.5, 0.6) is 0 Å². The molecule has 0 spiro atoms. The minimum absolute atomic E-state index is 0.342. The molecule has 0 aliphatic rings. The summed E-state index contributed by atoms with van der Waals surface area (Å²) in [5, 5.41) is 0. The van der Waals surface area contributed by atoms with Crippen molar-refractivity contribution in [1.29, 1.82) is 0 Å². The van der Waals surface area contributed by atoms with E-state index in [1.54, 1.807) is 44.1 Å². The van der Waals surface area contributed by atoms with Crippen molar-refractivity contribution in [3.63, 3.8) is 0 Å². The van der Waals surface area contributed by atoms with Crippen molar-refractivity contribution in [2.45, 2.75) is 22.5 Å². The standard InChI is InChI=1S/C16H19NO2S2/c1-13-7-9-15(10-8-13)20-12-14-5-4-6-16(11-14)21(18,19)17(2)3/h4-11H,12H2,1-3H3. The SMILES string of the molecule is Cc1ccc(SCc2cccc(S(=O)(=O)N(C)C)c2)cc1. The first-order valence-corrected chi connectivity index (χ1v) is 9.03. The molecule has 0 atom stereocenters. The lowest BCUT2D eigenvalue weighted by Crippen LogP contribution is -2.22. The van der Waals surface area contributed by atoms with Crippen LogP contribution in [0.3, 0.4) is 0 Å². The molecule has 0 fully saturated rings. The summed E-state index contributed by atoms with van der Waals surface area (Å²) in [5.74, 6) is 0.750. The normalized spacial score (nSPS) is 11.8. The maximum atomic E-state index is 12.1. The molecule has 0 saturated carbocycles. The molecular formula is C16H19NO2S2. The average Bonchev–Trinajstić information content (AvgIpc) is 2.47. The summed E-state index contributed by atoms with van der Waals surface area (Å²) in [4.78, 5) is 1.52. The third kappa shape index (κ3) is 4.09. The van der Waals surface area contributed by atoms with E-state index in [1.165, 1.54) is 14.8 Å². The van der Waals surface area contributed by atoms with Crippen molar-refractivity contribution in [1.82, 2.24) is 4.31 Å². The molecule has 3 nitrogen and oxygen atoms in total. The van der Waals surface area contributed by atoms with Gasteiger partial charge in [-0.3, -0.25) is 0 Å². The summed E-state index contributed by atoms with van der Waals surface area (Å²) in [6.07, 6.45) is 0. The van der Waals surface area contributed by atoms with Crippen LogP contribution in [0, 0.1) is 6.92 Å². The van der Waals surface area contributed by atoms with Crippen LogP contribution in [-0.4, -0.2) is 26.8 Å². The second-order valence-electron chi connectivity index (χ2n) is 5.04. The molecule has 2 aromatic rings. The monoisotopic (exact) mass is 321 g/mol. The highest BCUT2D eigenvalue weighted by atomic mass is 32.2. The Morgan fingerprint density at radius 2 is 1.71 bits per heavy atom. The average molecular weight is 321 g/mol. The maximum absolute atomic E-state index is 12.1. The van der Waals surface area contributed by atoms with E-state index in [4.69, 9.17) is 0 Å². The molecule has 0 saturated heterocycles. The Morgan fingerprint density at radius 3 is 2.33 bits per heavy atom. The highest BCUT2D eigenvalue weighted by molar-refractivity contribution is 7.98. The Kier molecular flexibility index (Phi) is 5.08. The van der Waals surface area contributed by atoms with Crippen LogP contribution in [0.2, 0.25) is 0 Å². The van der Waals surface area contributed by atoms with E-state index in [9.17, 15) is 8.42 Å². The van der Waals surface area contributed by atoms with Gasteiger partial charge in [-0.2, -0.15) is 0 Å². The molecule has 0 heterocycles. The van der Waals surface area contributed by atoms with Crippen LogP contribution in [0.4, 0.5) is 0 Å². The summed E-state index contributed by atoms with van der Waals surface area (Å²) < 4.78 is 25.5. The smallest absolute Gasteiger partial charge is 0.207 e. The Hall–Kier alpha value is -1.30. The van der Waals surface area contributed by atoms with E-state index < -0.39 is 10.0 Å². The fourth-order valence-corrected chi connectivity index (χ4v) is 3.62. The van der Waals surface area contributed by atoms with Gasteiger partial charge in [-0.15, -0.1) is 11.8 Å². The van der Waals surface area contributed by atoms with Gasteiger partial charge in [-0.05, 0) is 36.8 Å². The van der Waals surface area contributed by atoms with Gasteiger partial charge in [0.2, 0.25) is 10.0 Å². The van der Waals surface area contributed by atoms with Gasteiger partial charge in [-0.25, -0.2) is 12.7 Å². The van der Waals surface area contributed by atoms with E-state index in [2.05, 4.69) is 31.2 Å². The number of nitrogens with zero attached hydrogens (tertiary/aromatic N) is 1. The lowest BCUT2D eigenvalue weighted by Gasteiger charge is -2.12. The van der Waals surface area contributed by atoms with Gasteiger partial charge in [0.05, 0.1) is 4.90 Å². The van der Waals surface area contributed by atoms with E-state index in [0.717, 1.165) is 11.3 Å². The van der Waals surface area contributed by atoms with Crippen molar-refractivity contribution in [2.75, 3.05) is 14.1 Å². The van der Waals surface area contributed by atoms with Crippen LogP contribution < -0.4 is 0 Å². The highest BCUT2D eigenvalue weighted by Gasteiger charge is 2.17. The van der Waals surface area contributed by atoms with Gasteiger partial charge in [0, 0.05) is 24.7 Å². The van der Waals surface area contributed by atoms with E-state index in [1.807, 2.05) is 6.07 Å². The van der Waals surface area contributed by atoms with Gasteiger partial charge in [0.1, 0.15) is 0 Å². The fraction of sp³-hybridized carbons (Fsp3) is 0.250. The lowest BCUT2D eigenvalue weighted by atomic mass is 10.2. The molecule has 2 rings (SSSR count). The summed E-state index contributed by atoms with van der Waals surface area (Å²) in [6.45, 7) is 2.06. The third-order valence-electron chi connectivity index (χ3n) is 3.10. The first-order valence-electron chi connectivity index (χ1n) is 6.60. The van der Waals surface area contributed by atoms with Gasteiger partial charge in [0.25, 0.3) is 0 Å². The molecule has 0 aliphatic carbocycles. The molecule has 0 N–H and O–H groups in total. The fourth-order valence-electron chi connectivity index (χ4n) is 1.81. The van der Waals surface area contributed by atoms with Gasteiger partial charge in [-0.1, -0.05) is 29.8 Å². The third-order valence-corrected chi connectivity index (χ3v) is 6.00. The van der Waals surface area contributed by atoms with Crippen LogP contribution in [0.15, 0.2) is 58.3 Å². The van der Waals surface area contributed by atoms with Crippen LogP contribution >= 0.6 is 11.8 Å². The van der Waals surface area contributed by atoms with E-state index >= 15 is 0 Å². The zero-order valence-corrected chi connectivity index (χ0v) is 14.0. The first-order chi connectivity index (χ1) is 9.89. The van der Waals surface area contributed by atoms with E-state index in [0.29, 0.717) is 4.90 Å². The number of rotatable bonds is 5. The van der Waals surface area contributed by atoms with Crippen molar-refractivity contribution in [3.8, 4) is 0 Å². The Labute approximate surface area is 131 Å². The Bertz CT molecular complexity index is 707. The lowest BCUT2D eigenvalue weighted by molar-refractivity contribution is 0.520. The summed E-state index contributed by atoms with van der Waals surface area (Å²) in [6, 6.07) is 15.5. The highest BCUT2D eigenvalue weighted by Crippen LogP contribution is 2.24. The summed E-state index contributed by atoms with van der Waals surface area (Å²) in [5.41, 5.74) is 2.24. The van der Waals surface area contributed by atoms with Crippen molar-refractivity contribution in [3.05, 3.63) is 59.7 Å². The van der Waals surface area contributed by atoms with Crippen LogP contribution in [0.1, 0.15) is 11.1 Å². The molecule has 0 amide bonds. The maximum Gasteiger partial charge on any atom is 0.242 e. The molecule has 0 aliphatic heterocycles. The van der Waals surface area contributed by atoms with E-state index in [-0.39, 0.29) is 0 Å². The zero-order valence-electron chi connectivity index (χ0n) is 12.4. The largest absolute Gasteiger partial charge is 0.242 e.